The summed E-state index contributed by atoms with van der Waals surface area (Å²) in [7, 11) is 0. The third-order valence-electron chi connectivity index (χ3n) is 6.18. The zero-order valence-corrected chi connectivity index (χ0v) is 11.4. The van der Waals surface area contributed by atoms with Crippen LogP contribution in [0.1, 0.15) is 33.1 Å². The molecular weight excluding hydrogens is 244 g/mol. The van der Waals surface area contributed by atoms with Crippen molar-refractivity contribution in [2.75, 3.05) is 0 Å². The fourth-order valence-electron chi connectivity index (χ4n) is 4.92. The van der Waals surface area contributed by atoms with Crippen molar-refractivity contribution in [1.82, 2.24) is 0 Å². The average molecular weight is 264 g/mol. The Hall–Kier alpha value is -0.870. The van der Waals surface area contributed by atoms with E-state index >= 15 is 0 Å². The van der Waals surface area contributed by atoms with E-state index in [1.807, 2.05) is 0 Å². The Kier molecular flexibility index (Phi) is 2.03. The predicted octanol–water partition coefficient (Wildman–Crippen LogP) is 1.42. The maximum Gasteiger partial charge on any atom is 0.334 e. The minimum atomic E-state index is -0.369. The molecule has 4 heteroatoms. The fourth-order valence-corrected chi connectivity index (χ4v) is 4.92. The van der Waals surface area contributed by atoms with Crippen molar-refractivity contribution < 1.29 is 19.4 Å². The lowest BCUT2D eigenvalue weighted by molar-refractivity contribution is -0.161. The summed E-state index contributed by atoms with van der Waals surface area (Å²) in [6.07, 6.45) is 2.07. The van der Waals surface area contributed by atoms with Gasteiger partial charge in [-0.05, 0) is 19.8 Å². The van der Waals surface area contributed by atoms with Gasteiger partial charge in [0.2, 0.25) is 0 Å². The van der Waals surface area contributed by atoms with Crippen molar-refractivity contribution in [1.29, 1.82) is 0 Å². The van der Waals surface area contributed by atoms with Gasteiger partial charge in [0.25, 0.3) is 0 Å². The number of aliphatic hydroxyl groups is 1. The Bertz CT molecular complexity index is 487. The first-order valence-electron chi connectivity index (χ1n) is 7.13. The van der Waals surface area contributed by atoms with Crippen LogP contribution in [0, 0.1) is 17.3 Å². The molecule has 2 aliphatic heterocycles. The minimum Gasteiger partial charge on any atom is -0.458 e. The van der Waals surface area contributed by atoms with E-state index in [0.717, 1.165) is 12.8 Å². The lowest BCUT2D eigenvalue weighted by atomic mass is 9.52. The SMILES string of the molecule is C=C1C(=O)OC2C1CCC1(C)C(O)CC3OC3(C)C21. The molecule has 4 rings (SSSR count). The summed E-state index contributed by atoms with van der Waals surface area (Å²) < 4.78 is 11.5. The molecule has 0 aromatic carbocycles. The maximum absolute atomic E-state index is 11.8. The van der Waals surface area contributed by atoms with Crippen LogP contribution >= 0.6 is 0 Å². The third kappa shape index (κ3) is 1.24. The van der Waals surface area contributed by atoms with E-state index in [4.69, 9.17) is 9.47 Å². The summed E-state index contributed by atoms with van der Waals surface area (Å²) in [6, 6.07) is 0. The molecule has 2 saturated heterocycles. The van der Waals surface area contributed by atoms with E-state index in [0.29, 0.717) is 12.0 Å². The number of esters is 1. The second-order valence-electron chi connectivity index (χ2n) is 7.07. The van der Waals surface area contributed by atoms with Gasteiger partial charge >= 0.3 is 5.97 Å². The summed E-state index contributed by atoms with van der Waals surface area (Å²) in [6.45, 7) is 8.11. The number of carbonyl (C=O) groups excluding carboxylic acids is 1. The van der Waals surface area contributed by atoms with Gasteiger partial charge in [-0.2, -0.15) is 0 Å². The largest absolute Gasteiger partial charge is 0.458 e. The van der Waals surface area contributed by atoms with Crippen molar-refractivity contribution in [3.05, 3.63) is 12.2 Å². The highest BCUT2D eigenvalue weighted by Gasteiger charge is 2.73. The van der Waals surface area contributed by atoms with E-state index < -0.39 is 0 Å². The molecule has 0 radical (unpaired) electrons. The molecule has 7 unspecified atom stereocenters. The molecule has 0 amide bonds. The standard InChI is InChI=1S/C15H20O4/c1-7-8-4-5-14(2)9(16)6-10-15(3,19-10)12(14)11(8)18-13(7)17/h8-12,16H,1,4-6H2,2-3H3. The Morgan fingerprint density at radius 1 is 1.42 bits per heavy atom. The van der Waals surface area contributed by atoms with Crippen molar-refractivity contribution in [3.8, 4) is 0 Å². The monoisotopic (exact) mass is 264 g/mol. The first-order chi connectivity index (χ1) is 8.88. The maximum atomic E-state index is 11.8. The van der Waals surface area contributed by atoms with Gasteiger partial charge in [-0.1, -0.05) is 13.5 Å². The van der Waals surface area contributed by atoms with Crippen LogP contribution in [0.25, 0.3) is 0 Å². The summed E-state index contributed by atoms with van der Waals surface area (Å²) in [4.78, 5) is 11.8. The van der Waals surface area contributed by atoms with Crippen molar-refractivity contribution >= 4 is 5.97 Å². The number of aliphatic hydroxyl groups excluding tert-OH is 1. The number of carbonyl (C=O) groups is 1. The number of ether oxygens (including phenoxy) is 2. The number of hydrogen-bond donors (Lipinski definition) is 1. The molecule has 1 N–H and O–H groups in total. The topological polar surface area (TPSA) is 59.1 Å². The summed E-state index contributed by atoms with van der Waals surface area (Å²) in [5.74, 6) is -0.0756. The molecule has 104 valence electrons. The third-order valence-corrected chi connectivity index (χ3v) is 6.18. The molecule has 0 spiro atoms. The molecule has 4 aliphatic rings. The van der Waals surface area contributed by atoms with E-state index in [1.165, 1.54) is 0 Å². The van der Waals surface area contributed by atoms with Crippen LogP contribution in [0.2, 0.25) is 0 Å². The summed E-state index contributed by atoms with van der Waals surface area (Å²) in [5.41, 5.74) is 0.156. The first-order valence-corrected chi connectivity index (χ1v) is 7.13. The summed E-state index contributed by atoms with van der Waals surface area (Å²) >= 11 is 0. The van der Waals surface area contributed by atoms with Gasteiger partial charge in [0, 0.05) is 29.2 Å². The molecule has 2 heterocycles. The molecule has 19 heavy (non-hydrogen) atoms. The molecule has 4 fully saturated rings. The number of fused-ring (bicyclic) bond motifs is 5. The molecule has 0 aromatic rings. The van der Waals surface area contributed by atoms with Gasteiger partial charge in [0.15, 0.2) is 0 Å². The smallest absolute Gasteiger partial charge is 0.334 e. The van der Waals surface area contributed by atoms with Gasteiger partial charge in [0.05, 0.1) is 17.8 Å². The lowest BCUT2D eigenvalue weighted by Gasteiger charge is -2.52. The zero-order chi connectivity index (χ0) is 13.6. The van der Waals surface area contributed by atoms with E-state index in [-0.39, 0.29) is 47.1 Å². The Morgan fingerprint density at radius 3 is 2.89 bits per heavy atom. The Labute approximate surface area is 112 Å². The van der Waals surface area contributed by atoms with E-state index in [2.05, 4.69) is 20.4 Å². The molecular formula is C15H20O4. The highest BCUT2D eigenvalue weighted by molar-refractivity contribution is 5.91. The van der Waals surface area contributed by atoms with Crippen molar-refractivity contribution in [3.63, 3.8) is 0 Å². The number of hydrogen-bond acceptors (Lipinski definition) is 4. The predicted molar refractivity (Wildman–Crippen MR) is 67.2 cm³/mol. The highest BCUT2D eigenvalue weighted by atomic mass is 16.6. The van der Waals surface area contributed by atoms with Crippen LogP contribution in [-0.2, 0) is 14.3 Å². The van der Waals surface area contributed by atoms with E-state index in [1.54, 1.807) is 0 Å². The Morgan fingerprint density at radius 2 is 2.16 bits per heavy atom. The van der Waals surface area contributed by atoms with Gasteiger partial charge in [-0.15, -0.1) is 0 Å². The lowest BCUT2D eigenvalue weighted by Crippen LogP contribution is -2.59. The molecule has 4 nitrogen and oxygen atoms in total. The first kappa shape index (κ1) is 11.9. The molecule has 0 aromatic heterocycles. The van der Waals surface area contributed by atoms with Crippen LogP contribution in [0.15, 0.2) is 12.2 Å². The van der Waals surface area contributed by atoms with Gasteiger partial charge < -0.3 is 14.6 Å². The second kappa shape index (κ2) is 3.23. The second-order valence-corrected chi connectivity index (χ2v) is 7.07. The van der Waals surface area contributed by atoms with Crippen LogP contribution in [0.5, 0.6) is 0 Å². The van der Waals surface area contributed by atoms with Gasteiger partial charge in [-0.3, -0.25) is 0 Å². The van der Waals surface area contributed by atoms with E-state index in [9.17, 15) is 9.90 Å². The zero-order valence-electron chi connectivity index (χ0n) is 11.4. The molecule has 7 atom stereocenters. The number of epoxide rings is 1. The highest BCUT2D eigenvalue weighted by Crippen LogP contribution is 2.65. The quantitative estimate of drug-likeness (QED) is 0.408. The van der Waals surface area contributed by atoms with Crippen LogP contribution < -0.4 is 0 Å². The van der Waals surface area contributed by atoms with Gasteiger partial charge in [-0.25, -0.2) is 4.79 Å². The minimum absolute atomic E-state index is 0.0794. The van der Waals surface area contributed by atoms with Crippen molar-refractivity contribution in [2.45, 2.75) is 57.0 Å². The fraction of sp³-hybridized carbons (Fsp3) is 0.800. The van der Waals surface area contributed by atoms with Gasteiger partial charge in [0.1, 0.15) is 6.10 Å². The van der Waals surface area contributed by atoms with Crippen LogP contribution in [0.4, 0.5) is 0 Å². The summed E-state index contributed by atoms with van der Waals surface area (Å²) in [5, 5.41) is 10.5. The molecule has 0 bridgehead atoms. The Balaban J connectivity index is 1.78. The van der Waals surface area contributed by atoms with Crippen molar-refractivity contribution in [2.24, 2.45) is 17.3 Å². The molecule has 2 aliphatic carbocycles. The molecule has 2 saturated carbocycles. The average Bonchev–Trinajstić information content (AvgIpc) is 2.90. The van der Waals surface area contributed by atoms with Crippen LogP contribution in [0.3, 0.4) is 0 Å². The normalized spacial score (nSPS) is 59.0. The van der Waals surface area contributed by atoms with Crippen LogP contribution in [-0.4, -0.2) is 35.0 Å². The number of rotatable bonds is 0.